The largest absolute Gasteiger partial charge is 0.332 e. The van der Waals surface area contributed by atoms with E-state index >= 15 is 0 Å². The minimum Gasteiger partial charge on any atom is -0.332 e. The molecule has 0 N–H and O–H groups in total. The van der Waals surface area contributed by atoms with Gasteiger partial charge >= 0.3 is 0 Å². The second-order valence-corrected chi connectivity index (χ2v) is 8.23. The Hall–Kier alpha value is -3.16. The average molecular weight is 406 g/mol. The molecule has 4 heterocycles. The predicted octanol–water partition coefficient (Wildman–Crippen LogP) is 3.05. The molecule has 1 aromatic carbocycles. The van der Waals surface area contributed by atoms with Crippen LogP contribution in [-0.4, -0.2) is 47.9 Å². The summed E-state index contributed by atoms with van der Waals surface area (Å²) >= 11 is 0. The van der Waals surface area contributed by atoms with Gasteiger partial charge in [0.1, 0.15) is 22.9 Å². The van der Waals surface area contributed by atoms with E-state index in [4.69, 9.17) is 0 Å². The van der Waals surface area contributed by atoms with Gasteiger partial charge in [0.2, 0.25) is 0 Å². The summed E-state index contributed by atoms with van der Waals surface area (Å²) in [6, 6.07) is 6.72. The van der Waals surface area contributed by atoms with Crippen LogP contribution in [0, 0.1) is 25.6 Å². The summed E-state index contributed by atoms with van der Waals surface area (Å²) in [7, 11) is 0. The fourth-order valence-corrected chi connectivity index (χ4v) is 5.13. The van der Waals surface area contributed by atoms with Gasteiger partial charge in [0.25, 0.3) is 5.91 Å². The number of carbonyl (C=O) groups excluding carboxylic acids is 1. The fraction of sp³-hybridized carbons (Fsp3) is 0.409. The molecule has 2 fully saturated rings. The molecular weight excluding hydrogens is 383 g/mol. The monoisotopic (exact) mass is 406 g/mol. The zero-order valence-electron chi connectivity index (χ0n) is 17.0. The number of aryl methyl sites for hydroxylation is 2. The van der Waals surface area contributed by atoms with Crippen molar-refractivity contribution in [2.75, 3.05) is 0 Å². The highest BCUT2D eigenvalue weighted by Crippen LogP contribution is 2.44. The number of hydrogen-bond acceptors (Lipinski definition) is 5. The molecule has 2 bridgehead atoms. The fourth-order valence-electron chi connectivity index (χ4n) is 5.13. The normalized spacial score (nSPS) is 22.6. The van der Waals surface area contributed by atoms with Gasteiger partial charge in [0.15, 0.2) is 0 Å². The van der Waals surface area contributed by atoms with Crippen LogP contribution >= 0.6 is 0 Å². The summed E-state index contributed by atoms with van der Waals surface area (Å²) in [5, 5.41) is 8.18. The molecule has 1 amide bonds. The highest BCUT2D eigenvalue weighted by Gasteiger charge is 2.49. The van der Waals surface area contributed by atoms with Crippen LogP contribution in [0.5, 0.6) is 0 Å². The molecule has 30 heavy (non-hydrogen) atoms. The highest BCUT2D eigenvalue weighted by molar-refractivity contribution is 5.98. The van der Waals surface area contributed by atoms with Crippen molar-refractivity contribution in [1.29, 1.82) is 0 Å². The molecule has 154 valence electrons. The van der Waals surface area contributed by atoms with E-state index in [1.807, 2.05) is 24.8 Å². The van der Waals surface area contributed by atoms with Crippen molar-refractivity contribution in [3.8, 4) is 5.69 Å². The molecular formula is C22H23FN6O. The van der Waals surface area contributed by atoms with Gasteiger partial charge in [-0.25, -0.2) is 14.4 Å². The second kappa shape index (κ2) is 7.27. The Morgan fingerprint density at radius 1 is 1.13 bits per heavy atom. The van der Waals surface area contributed by atoms with E-state index in [0.29, 0.717) is 5.69 Å². The average Bonchev–Trinajstić information content (AvgIpc) is 3.43. The van der Waals surface area contributed by atoms with Crippen LogP contribution in [0.4, 0.5) is 4.39 Å². The Kier molecular flexibility index (Phi) is 4.56. The molecule has 3 aromatic rings. The molecule has 3 unspecified atom stereocenters. The number of amides is 1. The summed E-state index contributed by atoms with van der Waals surface area (Å²) < 4.78 is 14.8. The SMILES string of the molecule is Cc1cc(C)nc(CC2CC3CCC2N3C(=O)c2c(F)cccc2-n2nccn2)n1. The molecule has 5 rings (SSSR count). The lowest BCUT2D eigenvalue weighted by molar-refractivity contribution is 0.0713. The molecule has 7 nitrogen and oxygen atoms in total. The number of aromatic nitrogens is 5. The van der Waals surface area contributed by atoms with E-state index in [1.54, 1.807) is 12.1 Å². The highest BCUT2D eigenvalue weighted by atomic mass is 19.1. The quantitative estimate of drug-likeness (QED) is 0.666. The van der Waals surface area contributed by atoms with E-state index in [9.17, 15) is 9.18 Å². The summed E-state index contributed by atoms with van der Waals surface area (Å²) in [4.78, 5) is 25.9. The minimum atomic E-state index is -0.546. The maximum Gasteiger partial charge on any atom is 0.259 e. The van der Waals surface area contributed by atoms with Crippen LogP contribution in [0.3, 0.4) is 0 Å². The van der Waals surface area contributed by atoms with E-state index in [-0.39, 0.29) is 29.5 Å². The maximum atomic E-state index is 14.8. The van der Waals surface area contributed by atoms with E-state index in [2.05, 4.69) is 20.2 Å². The molecule has 8 heteroatoms. The van der Waals surface area contributed by atoms with Crippen LogP contribution in [0.2, 0.25) is 0 Å². The van der Waals surface area contributed by atoms with Gasteiger partial charge in [-0.1, -0.05) is 6.07 Å². The van der Waals surface area contributed by atoms with Gasteiger partial charge in [-0.05, 0) is 57.2 Å². The molecule has 3 atom stereocenters. The lowest BCUT2D eigenvalue weighted by atomic mass is 9.86. The zero-order chi connectivity index (χ0) is 20.8. The van der Waals surface area contributed by atoms with Crippen molar-refractivity contribution in [2.45, 2.75) is 51.6 Å². The first-order valence-electron chi connectivity index (χ1n) is 10.3. The van der Waals surface area contributed by atoms with Crippen molar-refractivity contribution >= 4 is 5.91 Å². The lowest BCUT2D eigenvalue weighted by Crippen LogP contribution is -2.38. The number of halogens is 1. The Morgan fingerprint density at radius 2 is 1.87 bits per heavy atom. The first-order chi connectivity index (χ1) is 14.5. The standard InChI is InChI=1S/C22H23FN6O/c1-13-10-14(2)27-20(26-13)12-15-11-16-6-7-18(15)28(16)22(30)21-17(23)4-3-5-19(21)29-24-8-9-25-29/h3-5,8-10,15-16,18H,6-7,11-12H2,1-2H3. The zero-order valence-corrected chi connectivity index (χ0v) is 17.0. The van der Waals surface area contributed by atoms with Gasteiger partial charge < -0.3 is 4.90 Å². The summed E-state index contributed by atoms with van der Waals surface area (Å²) in [5.74, 6) is 0.281. The summed E-state index contributed by atoms with van der Waals surface area (Å²) in [6.45, 7) is 3.94. The van der Waals surface area contributed by atoms with Gasteiger partial charge in [-0.15, -0.1) is 0 Å². The number of nitrogens with zero attached hydrogens (tertiary/aromatic N) is 6. The maximum absolute atomic E-state index is 14.8. The third kappa shape index (κ3) is 3.16. The van der Waals surface area contributed by atoms with Crippen molar-refractivity contribution in [1.82, 2.24) is 29.9 Å². The van der Waals surface area contributed by atoms with Crippen LogP contribution in [-0.2, 0) is 6.42 Å². The lowest BCUT2D eigenvalue weighted by Gasteiger charge is -2.25. The third-order valence-electron chi connectivity index (χ3n) is 6.21. The van der Waals surface area contributed by atoms with Gasteiger partial charge in [-0.2, -0.15) is 15.0 Å². The molecule has 0 radical (unpaired) electrons. The van der Waals surface area contributed by atoms with Crippen LogP contribution in [0.1, 0.15) is 46.8 Å². The number of rotatable bonds is 4. The molecule has 0 aliphatic carbocycles. The molecule has 2 saturated heterocycles. The summed E-state index contributed by atoms with van der Waals surface area (Å²) in [5.41, 5.74) is 2.31. The van der Waals surface area contributed by atoms with E-state index in [1.165, 1.54) is 23.3 Å². The Labute approximate surface area is 174 Å². The topological polar surface area (TPSA) is 76.8 Å². The molecule has 0 spiro atoms. The van der Waals surface area contributed by atoms with Crippen molar-refractivity contribution in [3.63, 3.8) is 0 Å². The van der Waals surface area contributed by atoms with Gasteiger partial charge in [0, 0.05) is 29.9 Å². The van der Waals surface area contributed by atoms with E-state index < -0.39 is 5.82 Å². The minimum absolute atomic E-state index is 0.0360. The summed E-state index contributed by atoms with van der Waals surface area (Å²) in [6.07, 6.45) is 6.53. The van der Waals surface area contributed by atoms with Gasteiger partial charge in [0.05, 0.1) is 12.4 Å². The number of carbonyl (C=O) groups is 1. The Balaban J connectivity index is 1.44. The first-order valence-corrected chi connectivity index (χ1v) is 10.3. The van der Waals surface area contributed by atoms with Crippen molar-refractivity contribution in [3.05, 3.63) is 65.3 Å². The van der Waals surface area contributed by atoms with Crippen LogP contribution in [0.15, 0.2) is 36.7 Å². The van der Waals surface area contributed by atoms with Crippen molar-refractivity contribution < 1.29 is 9.18 Å². The number of benzene rings is 1. The Bertz CT molecular complexity index is 1080. The third-order valence-corrected chi connectivity index (χ3v) is 6.21. The Morgan fingerprint density at radius 3 is 2.60 bits per heavy atom. The van der Waals surface area contributed by atoms with Crippen LogP contribution < -0.4 is 0 Å². The molecule has 2 aliphatic heterocycles. The van der Waals surface area contributed by atoms with Gasteiger partial charge in [-0.3, -0.25) is 4.79 Å². The van der Waals surface area contributed by atoms with Crippen molar-refractivity contribution in [2.24, 2.45) is 5.92 Å². The molecule has 0 saturated carbocycles. The smallest absolute Gasteiger partial charge is 0.259 e. The molecule has 2 aromatic heterocycles. The van der Waals surface area contributed by atoms with Crippen LogP contribution in [0.25, 0.3) is 5.69 Å². The number of fused-ring (bicyclic) bond motifs is 2. The number of hydrogen-bond donors (Lipinski definition) is 0. The first kappa shape index (κ1) is 18.8. The predicted molar refractivity (Wildman–Crippen MR) is 108 cm³/mol. The molecule has 2 aliphatic rings. The second-order valence-electron chi connectivity index (χ2n) is 8.23. The van der Waals surface area contributed by atoms with E-state index in [0.717, 1.165) is 42.9 Å².